The van der Waals surface area contributed by atoms with Crippen LogP contribution in [0.3, 0.4) is 0 Å². The van der Waals surface area contributed by atoms with Gasteiger partial charge in [-0.1, -0.05) is 18.7 Å². The first-order valence-electron chi connectivity index (χ1n) is 4.98. The van der Waals surface area contributed by atoms with E-state index in [0.717, 1.165) is 11.1 Å². The Kier molecular flexibility index (Phi) is 4.69. The molecule has 17 heavy (non-hydrogen) atoms. The molecule has 1 rings (SSSR count). The second-order valence-corrected chi connectivity index (χ2v) is 3.14. The molecule has 4 nitrogen and oxygen atoms in total. The van der Waals surface area contributed by atoms with Crippen molar-refractivity contribution in [2.24, 2.45) is 5.73 Å². The Morgan fingerprint density at radius 1 is 1.59 bits per heavy atom. The van der Waals surface area contributed by atoms with Crippen LogP contribution >= 0.6 is 0 Å². The molecule has 2 N–H and O–H groups in total. The molecule has 0 amide bonds. The lowest BCUT2D eigenvalue weighted by Gasteiger charge is -2.03. The van der Waals surface area contributed by atoms with Crippen LogP contribution in [0, 0.1) is 0 Å². The van der Waals surface area contributed by atoms with Gasteiger partial charge < -0.3 is 10.5 Å². The third-order valence-corrected chi connectivity index (χ3v) is 2.06. The smallest absolute Gasteiger partial charge is 0.356 e. The van der Waals surface area contributed by atoms with Crippen molar-refractivity contribution in [3.05, 3.63) is 60.6 Å². The van der Waals surface area contributed by atoms with Gasteiger partial charge >= 0.3 is 5.97 Å². The van der Waals surface area contributed by atoms with Gasteiger partial charge in [0.25, 0.3) is 0 Å². The zero-order chi connectivity index (χ0) is 12.7. The quantitative estimate of drug-likeness (QED) is 0.634. The maximum atomic E-state index is 11.3. The average Bonchev–Trinajstić information content (AvgIpc) is 2.37. The summed E-state index contributed by atoms with van der Waals surface area (Å²) in [7, 11) is 1.32. The third kappa shape index (κ3) is 3.31. The van der Waals surface area contributed by atoms with Gasteiger partial charge in [-0.2, -0.15) is 0 Å². The number of esters is 1. The van der Waals surface area contributed by atoms with Crippen molar-refractivity contribution in [2.75, 3.05) is 7.11 Å². The van der Waals surface area contributed by atoms with E-state index in [1.54, 1.807) is 36.6 Å². The lowest BCUT2D eigenvalue weighted by Crippen LogP contribution is -2.04. The fourth-order valence-corrected chi connectivity index (χ4v) is 1.30. The third-order valence-electron chi connectivity index (χ3n) is 2.06. The first-order chi connectivity index (χ1) is 8.22. The largest absolute Gasteiger partial charge is 0.464 e. The number of hydrogen-bond acceptors (Lipinski definition) is 4. The molecule has 0 radical (unpaired) electrons. The number of pyridine rings is 1. The van der Waals surface area contributed by atoms with E-state index in [-0.39, 0.29) is 5.69 Å². The zero-order valence-electron chi connectivity index (χ0n) is 9.59. The lowest BCUT2D eigenvalue weighted by atomic mass is 10.1. The summed E-state index contributed by atoms with van der Waals surface area (Å²) in [5.41, 5.74) is 7.28. The van der Waals surface area contributed by atoms with Gasteiger partial charge in [-0.25, -0.2) is 9.78 Å². The summed E-state index contributed by atoms with van der Waals surface area (Å²) in [6.45, 7) is 3.62. The molecule has 88 valence electrons. The number of methoxy groups -OCH3 is 1. The minimum absolute atomic E-state index is 0.255. The van der Waals surface area contributed by atoms with E-state index in [4.69, 9.17) is 5.73 Å². The fraction of sp³-hybridized carbons (Fsp3) is 0.0769. The van der Waals surface area contributed by atoms with Gasteiger partial charge in [0, 0.05) is 6.20 Å². The Bertz CT molecular complexity index is 476. The second kappa shape index (κ2) is 6.27. The number of ether oxygens (including phenoxy) is 1. The molecule has 1 aromatic heterocycles. The van der Waals surface area contributed by atoms with Crippen LogP contribution in [0.25, 0.3) is 5.57 Å². The van der Waals surface area contributed by atoms with Crippen LogP contribution in [0.1, 0.15) is 16.1 Å². The predicted octanol–water partition coefficient (Wildman–Crippen LogP) is 1.91. The molecule has 0 bridgehead atoms. The standard InChI is InChI=1S/C13H14N2O2/c1-3-4-10(5-7-14)11-6-8-15-12(9-11)13(16)17-2/h3-9H,1,14H2,2H3/b7-5-,10-4+. The van der Waals surface area contributed by atoms with Crippen molar-refractivity contribution in [1.82, 2.24) is 4.98 Å². The summed E-state index contributed by atoms with van der Waals surface area (Å²) in [6, 6.07) is 3.42. The van der Waals surface area contributed by atoms with Crippen LogP contribution in [0.4, 0.5) is 0 Å². The first kappa shape index (κ1) is 12.7. The van der Waals surface area contributed by atoms with Crippen molar-refractivity contribution in [1.29, 1.82) is 0 Å². The zero-order valence-corrected chi connectivity index (χ0v) is 9.59. The molecular weight excluding hydrogens is 216 g/mol. The number of rotatable bonds is 4. The van der Waals surface area contributed by atoms with E-state index in [9.17, 15) is 4.79 Å². The van der Waals surface area contributed by atoms with E-state index < -0.39 is 5.97 Å². The number of hydrogen-bond donors (Lipinski definition) is 1. The van der Waals surface area contributed by atoms with Gasteiger partial charge in [-0.05, 0) is 35.5 Å². The van der Waals surface area contributed by atoms with Crippen molar-refractivity contribution in [3.8, 4) is 0 Å². The number of carbonyl (C=O) groups is 1. The highest BCUT2D eigenvalue weighted by molar-refractivity contribution is 5.89. The van der Waals surface area contributed by atoms with E-state index in [2.05, 4.69) is 16.3 Å². The van der Waals surface area contributed by atoms with Crippen molar-refractivity contribution >= 4 is 11.5 Å². The molecule has 0 aromatic carbocycles. The number of aromatic nitrogens is 1. The lowest BCUT2D eigenvalue weighted by molar-refractivity contribution is 0.0594. The minimum Gasteiger partial charge on any atom is -0.464 e. The van der Waals surface area contributed by atoms with Gasteiger partial charge in [-0.15, -0.1) is 0 Å². The van der Waals surface area contributed by atoms with E-state index in [1.165, 1.54) is 13.3 Å². The highest BCUT2D eigenvalue weighted by Gasteiger charge is 2.08. The number of nitrogens with two attached hydrogens (primary N) is 1. The van der Waals surface area contributed by atoms with Crippen LogP contribution in [0.15, 0.2) is 49.3 Å². The predicted molar refractivity (Wildman–Crippen MR) is 67.1 cm³/mol. The molecule has 1 heterocycles. The average molecular weight is 230 g/mol. The van der Waals surface area contributed by atoms with E-state index in [0.29, 0.717) is 0 Å². The van der Waals surface area contributed by atoms with Crippen LogP contribution in [-0.4, -0.2) is 18.1 Å². The molecular formula is C13H14N2O2. The SMILES string of the molecule is C=C/C=C(\C=C/N)c1ccnc(C(=O)OC)c1. The summed E-state index contributed by atoms with van der Waals surface area (Å²) in [5.74, 6) is -0.471. The van der Waals surface area contributed by atoms with Crippen LogP contribution in [0.5, 0.6) is 0 Å². The van der Waals surface area contributed by atoms with E-state index in [1.807, 2.05) is 0 Å². The number of allylic oxidation sites excluding steroid dienone is 4. The van der Waals surface area contributed by atoms with Gasteiger partial charge in [0.2, 0.25) is 0 Å². The molecule has 0 aliphatic carbocycles. The highest BCUT2D eigenvalue weighted by atomic mass is 16.5. The maximum absolute atomic E-state index is 11.3. The van der Waals surface area contributed by atoms with Gasteiger partial charge in [0.05, 0.1) is 7.11 Å². The number of nitrogens with zero attached hydrogens (tertiary/aromatic N) is 1. The Balaban J connectivity index is 3.17. The molecule has 0 unspecified atom stereocenters. The second-order valence-electron chi connectivity index (χ2n) is 3.14. The molecule has 0 saturated carbocycles. The molecule has 0 spiro atoms. The molecule has 0 fully saturated rings. The van der Waals surface area contributed by atoms with Crippen LogP contribution in [0.2, 0.25) is 0 Å². The highest BCUT2D eigenvalue weighted by Crippen LogP contribution is 2.16. The summed E-state index contributed by atoms with van der Waals surface area (Å²) >= 11 is 0. The number of carbonyl (C=O) groups excluding carboxylic acids is 1. The fourth-order valence-electron chi connectivity index (χ4n) is 1.30. The Morgan fingerprint density at radius 2 is 2.35 bits per heavy atom. The topological polar surface area (TPSA) is 65.2 Å². The van der Waals surface area contributed by atoms with Gasteiger partial charge in [0.1, 0.15) is 5.69 Å². The van der Waals surface area contributed by atoms with E-state index >= 15 is 0 Å². The Morgan fingerprint density at radius 3 is 2.94 bits per heavy atom. The maximum Gasteiger partial charge on any atom is 0.356 e. The first-order valence-corrected chi connectivity index (χ1v) is 4.98. The summed E-state index contributed by atoms with van der Waals surface area (Å²) < 4.78 is 4.61. The van der Waals surface area contributed by atoms with Crippen LogP contribution in [-0.2, 0) is 4.74 Å². The molecule has 4 heteroatoms. The Labute approximate surface area is 100 Å². The molecule has 0 atom stereocenters. The normalized spacial score (nSPS) is 11.5. The molecule has 0 aliphatic rings. The minimum atomic E-state index is -0.471. The van der Waals surface area contributed by atoms with Gasteiger partial charge in [0.15, 0.2) is 0 Å². The monoisotopic (exact) mass is 230 g/mol. The summed E-state index contributed by atoms with van der Waals surface area (Å²) in [6.07, 6.45) is 8.13. The summed E-state index contributed by atoms with van der Waals surface area (Å²) in [4.78, 5) is 15.3. The van der Waals surface area contributed by atoms with Gasteiger partial charge in [-0.3, -0.25) is 0 Å². The molecule has 0 aliphatic heterocycles. The van der Waals surface area contributed by atoms with Crippen molar-refractivity contribution in [3.63, 3.8) is 0 Å². The summed E-state index contributed by atoms with van der Waals surface area (Å²) in [5, 5.41) is 0. The Hall–Kier alpha value is -2.36. The molecule has 0 saturated heterocycles. The van der Waals surface area contributed by atoms with Crippen molar-refractivity contribution < 1.29 is 9.53 Å². The van der Waals surface area contributed by atoms with Crippen LogP contribution < -0.4 is 5.73 Å². The molecule has 1 aromatic rings. The van der Waals surface area contributed by atoms with Crippen molar-refractivity contribution in [2.45, 2.75) is 0 Å².